The predicted octanol–water partition coefficient (Wildman–Crippen LogP) is 3.57. The van der Waals surface area contributed by atoms with E-state index in [1.807, 2.05) is 35.8 Å². The van der Waals surface area contributed by atoms with E-state index in [2.05, 4.69) is 0 Å². The third-order valence-electron chi connectivity index (χ3n) is 4.65. The first-order valence-electron chi connectivity index (χ1n) is 8.80. The number of Topliss-reactive ketones (excluding diaryl/α,β-unsaturated/α-hetero) is 1. The average Bonchev–Trinajstić information content (AvgIpc) is 2.96. The lowest BCUT2D eigenvalue weighted by atomic mass is 10.0. The molecule has 27 heavy (non-hydrogen) atoms. The Morgan fingerprint density at radius 2 is 1.93 bits per heavy atom. The van der Waals surface area contributed by atoms with Crippen LogP contribution >= 0.6 is 11.6 Å². The van der Waals surface area contributed by atoms with Gasteiger partial charge in [-0.1, -0.05) is 49.2 Å². The van der Waals surface area contributed by atoms with E-state index in [0.29, 0.717) is 34.5 Å². The van der Waals surface area contributed by atoms with Crippen LogP contribution in [0.25, 0.3) is 10.9 Å². The van der Waals surface area contributed by atoms with E-state index < -0.39 is 12.5 Å². The summed E-state index contributed by atoms with van der Waals surface area (Å²) < 4.78 is 2.00. The van der Waals surface area contributed by atoms with E-state index >= 15 is 0 Å². The van der Waals surface area contributed by atoms with E-state index in [1.54, 1.807) is 18.2 Å². The van der Waals surface area contributed by atoms with E-state index in [4.69, 9.17) is 17.3 Å². The number of fused-ring (bicyclic) bond motifs is 1. The van der Waals surface area contributed by atoms with Gasteiger partial charge in [-0.3, -0.25) is 9.59 Å². The van der Waals surface area contributed by atoms with E-state index in [0.717, 1.165) is 23.2 Å². The fraction of sp³-hybridized carbons (Fsp3) is 0.238. The van der Waals surface area contributed by atoms with Crippen molar-refractivity contribution >= 4 is 34.2 Å². The lowest BCUT2D eigenvalue weighted by molar-refractivity contribution is 0.0903. The first-order chi connectivity index (χ1) is 13.0. The van der Waals surface area contributed by atoms with Crippen LogP contribution in [0.4, 0.5) is 0 Å². The molecule has 2 aromatic carbocycles. The molecule has 0 saturated carbocycles. The third-order valence-corrected chi connectivity index (χ3v) is 5.02. The van der Waals surface area contributed by atoms with Gasteiger partial charge in [-0.25, -0.2) is 0 Å². The number of rotatable bonds is 7. The van der Waals surface area contributed by atoms with Crippen molar-refractivity contribution in [2.75, 3.05) is 6.61 Å². The van der Waals surface area contributed by atoms with Crippen LogP contribution in [0.5, 0.6) is 0 Å². The second-order valence-electron chi connectivity index (χ2n) is 6.43. The van der Waals surface area contributed by atoms with Gasteiger partial charge in [-0.15, -0.1) is 0 Å². The lowest BCUT2D eigenvalue weighted by Gasteiger charge is -2.13. The van der Waals surface area contributed by atoms with Crippen LogP contribution in [-0.4, -0.2) is 28.0 Å². The number of benzene rings is 2. The Balaban J connectivity index is 2.31. The Labute approximate surface area is 162 Å². The molecule has 0 aliphatic carbocycles. The SMILES string of the molecule is CCCc1c(C(=O)CO)c2ccc(C(N)=O)cc2n1Cc1ccccc1Cl. The molecule has 6 heteroatoms. The van der Waals surface area contributed by atoms with Gasteiger partial charge in [0.25, 0.3) is 0 Å². The molecule has 0 saturated heterocycles. The molecular formula is C21H21ClN2O3. The number of aliphatic hydroxyl groups is 1. The van der Waals surface area contributed by atoms with Crippen molar-refractivity contribution in [3.05, 3.63) is 69.9 Å². The van der Waals surface area contributed by atoms with Crippen molar-refractivity contribution in [3.8, 4) is 0 Å². The van der Waals surface area contributed by atoms with Crippen LogP contribution in [0.2, 0.25) is 5.02 Å². The summed E-state index contributed by atoms with van der Waals surface area (Å²) in [5.74, 6) is -0.873. The largest absolute Gasteiger partial charge is 0.388 e. The van der Waals surface area contributed by atoms with Crippen molar-refractivity contribution in [2.45, 2.75) is 26.3 Å². The molecule has 1 amide bonds. The average molecular weight is 385 g/mol. The number of hydrogen-bond donors (Lipinski definition) is 2. The van der Waals surface area contributed by atoms with Gasteiger partial charge in [0.2, 0.25) is 5.91 Å². The summed E-state index contributed by atoms with van der Waals surface area (Å²) in [4.78, 5) is 24.2. The van der Waals surface area contributed by atoms with Gasteiger partial charge in [0.05, 0.1) is 5.52 Å². The number of nitrogens with zero attached hydrogens (tertiary/aromatic N) is 1. The van der Waals surface area contributed by atoms with Crippen LogP contribution in [0.3, 0.4) is 0 Å². The number of primary amides is 1. The normalized spacial score (nSPS) is 11.1. The van der Waals surface area contributed by atoms with Gasteiger partial charge < -0.3 is 15.4 Å². The van der Waals surface area contributed by atoms with Gasteiger partial charge in [0, 0.05) is 33.8 Å². The van der Waals surface area contributed by atoms with Crippen molar-refractivity contribution in [1.29, 1.82) is 0 Å². The smallest absolute Gasteiger partial charge is 0.248 e. The summed E-state index contributed by atoms with van der Waals surface area (Å²) in [6.45, 7) is 1.91. The molecule has 0 aliphatic rings. The molecule has 0 radical (unpaired) electrons. The van der Waals surface area contributed by atoms with Gasteiger partial charge >= 0.3 is 0 Å². The zero-order valence-electron chi connectivity index (χ0n) is 15.0. The van der Waals surface area contributed by atoms with Crippen LogP contribution in [0.1, 0.15) is 45.3 Å². The van der Waals surface area contributed by atoms with Crippen molar-refractivity contribution in [1.82, 2.24) is 4.57 Å². The minimum atomic E-state index is -0.570. The Hall–Kier alpha value is -2.63. The molecule has 0 atom stereocenters. The maximum Gasteiger partial charge on any atom is 0.248 e. The standard InChI is InChI=1S/C21H21ClN2O3/c1-2-5-17-20(19(26)12-25)15-9-8-13(21(23)27)10-18(15)24(17)11-14-6-3-4-7-16(14)22/h3-4,6-10,25H,2,5,11-12H2,1H3,(H2,23,27). The Kier molecular flexibility index (Phi) is 5.63. The highest BCUT2D eigenvalue weighted by Crippen LogP contribution is 2.31. The van der Waals surface area contributed by atoms with Crippen LogP contribution in [0, 0.1) is 0 Å². The summed E-state index contributed by atoms with van der Waals surface area (Å²) >= 11 is 6.34. The third kappa shape index (κ3) is 3.61. The van der Waals surface area contributed by atoms with Crippen LogP contribution in [-0.2, 0) is 13.0 Å². The number of carbonyl (C=O) groups is 2. The molecule has 5 nitrogen and oxygen atoms in total. The highest BCUT2D eigenvalue weighted by molar-refractivity contribution is 6.31. The van der Waals surface area contributed by atoms with E-state index in [-0.39, 0.29) is 5.78 Å². The topological polar surface area (TPSA) is 85.3 Å². The molecule has 0 spiro atoms. The Morgan fingerprint density at radius 1 is 1.19 bits per heavy atom. The van der Waals surface area contributed by atoms with Crippen LogP contribution in [0.15, 0.2) is 42.5 Å². The number of aromatic nitrogens is 1. The fourth-order valence-corrected chi connectivity index (χ4v) is 3.62. The minimum Gasteiger partial charge on any atom is -0.388 e. The summed E-state index contributed by atoms with van der Waals surface area (Å²) in [5, 5.41) is 10.8. The predicted molar refractivity (Wildman–Crippen MR) is 106 cm³/mol. The monoisotopic (exact) mass is 384 g/mol. The van der Waals surface area contributed by atoms with Gasteiger partial charge in [-0.2, -0.15) is 0 Å². The summed E-state index contributed by atoms with van der Waals surface area (Å²) in [5.41, 5.74) is 8.77. The number of aliphatic hydroxyl groups excluding tert-OH is 1. The zero-order chi connectivity index (χ0) is 19.6. The van der Waals surface area contributed by atoms with Gasteiger partial charge in [0.15, 0.2) is 5.78 Å². The number of amides is 1. The molecule has 0 bridgehead atoms. The molecular weight excluding hydrogens is 364 g/mol. The van der Waals surface area contributed by atoms with Gasteiger partial charge in [-0.05, 0) is 30.2 Å². The number of ketones is 1. The summed E-state index contributed by atoms with van der Waals surface area (Å²) in [6, 6.07) is 12.5. The molecule has 0 unspecified atom stereocenters. The molecule has 1 aromatic heterocycles. The number of halogens is 1. The Morgan fingerprint density at radius 3 is 2.56 bits per heavy atom. The summed E-state index contributed by atoms with van der Waals surface area (Å²) in [6.07, 6.45) is 1.49. The molecule has 1 heterocycles. The summed E-state index contributed by atoms with van der Waals surface area (Å²) in [7, 11) is 0. The molecule has 140 valence electrons. The minimum absolute atomic E-state index is 0.340. The van der Waals surface area contributed by atoms with Crippen LogP contribution < -0.4 is 5.73 Å². The van der Waals surface area contributed by atoms with E-state index in [9.17, 15) is 14.7 Å². The number of carbonyl (C=O) groups excluding carboxylic acids is 2. The maximum atomic E-state index is 12.5. The maximum absolute atomic E-state index is 12.5. The lowest BCUT2D eigenvalue weighted by Crippen LogP contribution is -2.11. The zero-order valence-corrected chi connectivity index (χ0v) is 15.8. The molecule has 3 aromatic rings. The quantitative estimate of drug-likeness (QED) is 0.610. The van der Waals surface area contributed by atoms with Crippen molar-refractivity contribution in [2.24, 2.45) is 5.73 Å². The van der Waals surface area contributed by atoms with Crippen molar-refractivity contribution < 1.29 is 14.7 Å². The Bertz CT molecular complexity index is 1020. The second-order valence-corrected chi connectivity index (χ2v) is 6.83. The molecule has 3 rings (SSSR count). The van der Waals surface area contributed by atoms with E-state index in [1.165, 1.54) is 0 Å². The fourth-order valence-electron chi connectivity index (χ4n) is 3.42. The second kappa shape index (κ2) is 7.94. The first kappa shape index (κ1) is 19.1. The highest BCUT2D eigenvalue weighted by atomic mass is 35.5. The first-order valence-corrected chi connectivity index (χ1v) is 9.18. The molecule has 0 fully saturated rings. The van der Waals surface area contributed by atoms with Crippen molar-refractivity contribution in [3.63, 3.8) is 0 Å². The number of nitrogens with two attached hydrogens (primary N) is 1. The molecule has 3 N–H and O–H groups in total. The number of hydrogen-bond acceptors (Lipinski definition) is 3. The highest BCUT2D eigenvalue weighted by Gasteiger charge is 2.22. The molecule has 0 aliphatic heterocycles. The van der Waals surface area contributed by atoms with Gasteiger partial charge in [0.1, 0.15) is 6.61 Å².